The number of hydroxylamine groups is 2. The predicted molar refractivity (Wildman–Crippen MR) is 175 cm³/mol. The van der Waals surface area contributed by atoms with E-state index in [2.05, 4.69) is 30.2 Å². The van der Waals surface area contributed by atoms with E-state index < -0.39 is 12.0 Å². The van der Waals surface area contributed by atoms with E-state index in [9.17, 15) is 28.8 Å². The molecule has 0 rings (SSSR count). The summed E-state index contributed by atoms with van der Waals surface area (Å²) in [6.45, 7) is 7.73. The second-order valence-electron chi connectivity index (χ2n) is 7.98. The van der Waals surface area contributed by atoms with E-state index in [-0.39, 0.29) is 13.2 Å². The van der Waals surface area contributed by atoms with Crippen LogP contribution in [0.15, 0.2) is 0 Å². The fourth-order valence-electron chi connectivity index (χ4n) is 2.38. The van der Waals surface area contributed by atoms with Crippen LogP contribution in [0.1, 0.15) is 64.2 Å². The number of amides is 2. The summed E-state index contributed by atoms with van der Waals surface area (Å²) in [6, 6.07) is 0. The fourth-order valence-corrected chi connectivity index (χ4v) is 2.54. The normalized spacial score (nSPS) is 9.65. The largest absolute Gasteiger partial charge is 0.439 e. The smallest absolute Gasteiger partial charge is 0.407 e. The summed E-state index contributed by atoms with van der Waals surface area (Å²) in [6.07, 6.45) is 9.26. The number of alkyl carbamates (subject to hydrolysis) is 1. The van der Waals surface area contributed by atoms with Gasteiger partial charge in [-0.3, -0.25) is 4.79 Å². The van der Waals surface area contributed by atoms with E-state index in [1.807, 2.05) is 13.6 Å². The Morgan fingerprint density at radius 1 is 0.587 bits per heavy atom. The molecule has 0 saturated heterocycles. The van der Waals surface area contributed by atoms with E-state index in [1.54, 1.807) is 0 Å². The maximum atomic E-state index is 11.3. The van der Waals surface area contributed by atoms with Gasteiger partial charge in [0, 0.05) is 65.1 Å². The molecule has 0 saturated carbocycles. The van der Waals surface area contributed by atoms with Crippen LogP contribution >= 0.6 is 25.6 Å². The average molecular weight is 709 g/mol. The third kappa shape index (κ3) is 64.2. The molecule has 46 heavy (non-hydrogen) atoms. The van der Waals surface area contributed by atoms with Gasteiger partial charge in [0.05, 0.1) is 13.2 Å². The molecule has 270 valence electrons. The Morgan fingerprint density at radius 3 is 1.59 bits per heavy atom. The summed E-state index contributed by atoms with van der Waals surface area (Å²) in [5.74, 6) is -0.409. The lowest BCUT2D eigenvalue weighted by molar-refractivity contribution is -0.124. The fraction of sp³-hybridized carbons (Fsp3) is 0.704. The highest BCUT2D eigenvalue weighted by Gasteiger charge is 2.06. The lowest BCUT2D eigenvalue weighted by atomic mass is 10.3. The van der Waals surface area contributed by atoms with E-state index in [1.165, 1.54) is 0 Å². The van der Waals surface area contributed by atoms with Crippen LogP contribution in [0.4, 0.5) is 4.79 Å². The van der Waals surface area contributed by atoms with Gasteiger partial charge in [-0.25, -0.2) is 13.4 Å². The van der Waals surface area contributed by atoms with Crippen LogP contribution in [-0.2, 0) is 56.3 Å². The van der Waals surface area contributed by atoms with Gasteiger partial charge in [-0.1, -0.05) is 0 Å². The number of aldehydes is 4. The molecular formula is C27H52N4O13S2. The van der Waals surface area contributed by atoms with Crippen LogP contribution in [0.3, 0.4) is 0 Å². The number of nitrogens with one attached hydrogen (secondary N) is 4. The second kappa shape index (κ2) is 57.8. The van der Waals surface area contributed by atoms with Crippen LogP contribution < -0.4 is 21.6 Å². The van der Waals surface area contributed by atoms with E-state index in [4.69, 9.17) is 26.0 Å². The van der Waals surface area contributed by atoms with Crippen molar-refractivity contribution in [1.29, 1.82) is 2.25 Å². The number of carbonyl (C=O) groups excluding carboxylic acids is 8. The van der Waals surface area contributed by atoms with E-state index in [0.717, 1.165) is 50.8 Å². The molecule has 0 spiro atoms. The van der Waals surface area contributed by atoms with Gasteiger partial charge in [-0.05, 0) is 64.2 Å². The molecule has 19 heteroatoms. The third-order valence-electron chi connectivity index (χ3n) is 4.45. The Kier molecular flexibility index (Phi) is 59.9. The highest BCUT2D eigenvalue weighted by atomic mass is 32.1. The Morgan fingerprint density at radius 2 is 1.09 bits per heavy atom. The van der Waals surface area contributed by atoms with Crippen LogP contribution in [-0.4, -0.2) is 112 Å². The minimum Gasteiger partial charge on any atom is -0.439 e. The number of carbonyl (C=O) groups is 8. The first kappa shape index (κ1) is 47.6. The first-order valence-electron chi connectivity index (χ1n) is 15.0. The van der Waals surface area contributed by atoms with Gasteiger partial charge in [-0.15, -0.1) is 0 Å². The SMILES string of the molecule is C=O.C=O.O=CCCCC=O.[3H]SONCCCCOCCC=O.[3H]SONCCCCOCCNC(=O)OCC(=O)NCCCC=O. The lowest BCUT2D eigenvalue weighted by Crippen LogP contribution is -2.34. The van der Waals surface area contributed by atoms with E-state index in [0.29, 0.717) is 110 Å². The predicted octanol–water partition coefficient (Wildman–Crippen LogP) is 0.894. The summed E-state index contributed by atoms with van der Waals surface area (Å²) in [7, 11) is 0. The van der Waals surface area contributed by atoms with Crippen LogP contribution in [0.2, 0.25) is 0 Å². The van der Waals surface area contributed by atoms with Crippen molar-refractivity contribution < 1.29 is 61.1 Å². The monoisotopic (exact) mass is 708 g/mol. The van der Waals surface area contributed by atoms with Gasteiger partial charge in [0.1, 0.15) is 41.0 Å². The number of ether oxygens (including phenoxy) is 3. The zero-order valence-corrected chi connectivity index (χ0v) is 27.9. The average Bonchev–Trinajstić information content (AvgIpc) is 3.12. The lowest BCUT2D eigenvalue weighted by Gasteiger charge is -2.08. The van der Waals surface area contributed by atoms with E-state index >= 15 is 0 Å². The standard InChI is InChI=1S/C13H25N3O6S.C7H15NO3S.C5H8O2.2CH2O/c17-8-3-1-5-14-12(18)11-21-13(19)15-7-10-20-9-4-2-6-16-22-23;9-5-3-7-10-6-2-1-4-8-11-12;6-4-2-1-3-5-7;2*1-2/h8,16,23H,1-7,9-11H2,(H,14,18)(H,15,19);5,8,12H,1-4,6-7H2;4-5H,1-3H2;2*1H2/i/hT2. The number of rotatable bonds is 30. The molecule has 0 aliphatic carbocycles. The minimum absolute atomic E-state index is 0.288. The number of hydrogen-bond acceptors (Lipinski definition) is 17. The Hall–Kier alpha value is -2.78. The molecule has 0 bridgehead atoms. The topological polar surface area (TPSA) is 231 Å². The summed E-state index contributed by atoms with van der Waals surface area (Å²) in [5, 5.41) is 4.99. The Bertz CT molecular complexity index is 704. The highest BCUT2D eigenvalue weighted by Crippen LogP contribution is 1.90. The number of thiol groups is 2. The molecule has 0 aliphatic heterocycles. The molecule has 0 fully saturated rings. The Balaban J connectivity index is -0.000000214. The summed E-state index contributed by atoms with van der Waals surface area (Å²) in [4.78, 5) is 77.7. The van der Waals surface area contributed by atoms with Crippen LogP contribution in [0, 0.1) is 0 Å². The molecule has 17 nitrogen and oxygen atoms in total. The Labute approximate surface area is 284 Å². The molecule has 0 aliphatic rings. The molecule has 0 aromatic heterocycles. The van der Waals surface area contributed by atoms with Crippen molar-refractivity contribution >= 4 is 76.4 Å². The zero-order valence-electron chi connectivity index (χ0n) is 28.3. The van der Waals surface area contributed by atoms with Gasteiger partial charge >= 0.3 is 6.09 Å². The maximum absolute atomic E-state index is 11.3. The zero-order chi connectivity index (χ0) is 37.2. The summed E-state index contributed by atoms with van der Waals surface area (Å²) >= 11 is 1.05. The first-order valence-corrected chi connectivity index (χ1v) is 14.9. The molecule has 0 heterocycles. The van der Waals surface area contributed by atoms with Crippen LogP contribution in [0.25, 0.3) is 0 Å². The van der Waals surface area contributed by atoms with Gasteiger partial charge < -0.3 is 53.6 Å². The number of unbranched alkanes of at least 4 members (excludes halogenated alkanes) is 5. The summed E-state index contributed by atoms with van der Waals surface area (Å²) < 4.78 is 37.5. The molecule has 2 amide bonds. The molecule has 0 aromatic rings. The van der Waals surface area contributed by atoms with Crippen molar-refractivity contribution in [2.24, 2.45) is 0 Å². The van der Waals surface area contributed by atoms with Gasteiger partial charge in [0.15, 0.2) is 6.61 Å². The van der Waals surface area contributed by atoms with Crippen molar-refractivity contribution in [2.45, 2.75) is 64.2 Å². The van der Waals surface area contributed by atoms with Gasteiger partial charge in [-0.2, -0.15) is 11.0 Å². The minimum atomic E-state index is -0.684. The summed E-state index contributed by atoms with van der Waals surface area (Å²) in [5.41, 5.74) is 5.19. The molecule has 0 unspecified atom stereocenters. The number of hydrogen-bond donors (Lipinski definition) is 6. The van der Waals surface area contributed by atoms with Crippen molar-refractivity contribution in [3.05, 3.63) is 0 Å². The van der Waals surface area contributed by atoms with Gasteiger partial charge in [0.25, 0.3) is 5.91 Å². The van der Waals surface area contributed by atoms with Crippen LogP contribution in [0.5, 0.6) is 0 Å². The van der Waals surface area contributed by atoms with Crippen molar-refractivity contribution in [1.82, 2.24) is 21.6 Å². The van der Waals surface area contributed by atoms with Crippen molar-refractivity contribution in [3.8, 4) is 0 Å². The maximum Gasteiger partial charge on any atom is 0.407 e. The van der Waals surface area contributed by atoms with Crippen molar-refractivity contribution in [3.63, 3.8) is 0 Å². The van der Waals surface area contributed by atoms with Gasteiger partial charge in [0.2, 0.25) is 0 Å². The molecule has 0 atom stereocenters. The third-order valence-corrected chi connectivity index (χ3v) is 4.68. The molecule has 0 aromatic carbocycles. The molecule has 0 radical (unpaired) electrons. The van der Waals surface area contributed by atoms with Crippen molar-refractivity contribution in [2.75, 3.05) is 59.2 Å². The molecular weight excluding hydrogens is 652 g/mol. The highest BCUT2D eigenvalue weighted by molar-refractivity contribution is 7.75. The first-order chi connectivity index (χ1) is 23.5. The quantitative estimate of drug-likeness (QED) is 0.0200. The second-order valence-corrected chi connectivity index (χ2v) is 8.31. The molecule has 4 N–H and O–H groups in total.